The highest BCUT2D eigenvalue weighted by molar-refractivity contribution is 5.19. The van der Waals surface area contributed by atoms with E-state index in [-0.39, 0.29) is 11.9 Å². The molecule has 5 heteroatoms. The van der Waals surface area contributed by atoms with Crippen molar-refractivity contribution >= 4 is 0 Å². The second kappa shape index (κ2) is 5.73. The summed E-state index contributed by atoms with van der Waals surface area (Å²) in [5, 5.41) is 7.58. The van der Waals surface area contributed by atoms with Crippen LogP contribution in [0.25, 0.3) is 0 Å². The molecule has 2 rings (SSSR count). The molecule has 1 heterocycles. The fourth-order valence-electron chi connectivity index (χ4n) is 1.87. The SMILES string of the molecule is CCC(NCc1ncn(C)n1)c1ccc(F)cc1. The highest BCUT2D eigenvalue weighted by atomic mass is 19.1. The number of halogens is 1. The summed E-state index contributed by atoms with van der Waals surface area (Å²) < 4.78 is 14.5. The normalized spacial score (nSPS) is 12.6. The maximum Gasteiger partial charge on any atom is 0.164 e. The molecule has 1 atom stereocenters. The van der Waals surface area contributed by atoms with Crippen molar-refractivity contribution in [2.24, 2.45) is 7.05 Å². The van der Waals surface area contributed by atoms with E-state index < -0.39 is 0 Å². The van der Waals surface area contributed by atoms with Crippen molar-refractivity contribution in [3.8, 4) is 0 Å². The predicted octanol–water partition coefficient (Wildman–Crippen LogP) is 2.20. The van der Waals surface area contributed by atoms with Crippen LogP contribution in [-0.2, 0) is 13.6 Å². The molecular weight excluding hydrogens is 231 g/mol. The third kappa shape index (κ3) is 3.13. The largest absolute Gasteiger partial charge is 0.303 e. The number of benzene rings is 1. The lowest BCUT2D eigenvalue weighted by molar-refractivity contribution is 0.505. The van der Waals surface area contributed by atoms with E-state index in [0.29, 0.717) is 6.54 Å². The molecule has 0 saturated heterocycles. The Labute approximate surface area is 106 Å². The molecule has 0 saturated carbocycles. The van der Waals surface area contributed by atoms with Crippen LogP contribution in [0.2, 0.25) is 0 Å². The highest BCUT2D eigenvalue weighted by Gasteiger charge is 2.09. The van der Waals surface area contributed by atoms with Crippen molar-refractivity contribution < 1.29 is 4.39 Å². The van der Waals surface area contributed by atoms with E-state index in [1.807, 2.05) is 19.2 Å². The Bertz CT molecular complexity index is 492. The van der Waals surface area contributed by atoms with Crippen LogP contribution >= 0.6 is 0 Å². The molecule has 1 aromatic carbocycles. The van der Waals surface area contributed by atoms with Gasteiger partial charge >= 0.3 is 0 Å². The molecular formula is C13H17FN4. The standard InChI is InChI=1S/C13H17FN4/c1-3-12(10-4-6-11(14)7-5-10)15-8-13-16-9-18(2)17-13/h4-7,9,12,15H,3,8H2,1-2H3. The van der Waals surface area contributed by atoms with Gasteiger partial charge in [0.1, 0.15) is 12.1 Å². The zero-order valence-electron chi connectivity index (χ0n) is 10.6. The minimum atomic E-state index is -0.208. The van der Waals surface area contributed by atoms with Gasteiger partial charge in [-0.15, -0.1) is 0 Å². The Kier molecular flexibility index (Phi) is 4.04. The first-order chi connectivity index (χ1) is 8.69. The Morgan fingerprint density at radius 2 is 2.06 bits per heavy atom. The van der Waals surface area contributed by atoms with E-state index in [4.69, 9.17) is 0 Å². The van der Waals surface area contributed by atoms with Gasteiger partial charge in [0, 0.05) is 13.1 Å². The van der Waals surface area contributed by atoms with Crippen LogP contribution in [0.5, 0.6) is 0 Å². The average Bonchev–Trinajstić information content (AvgIpc) is 2.78. The Hall–Kier alpha value is -1.75. The molecule has 18 heavy (non-hydrogen) atoms. The van der Waals surface area contributed by atoms with Gasteiger partial charge in [0.2, 0.25) is 0 Å². The lowest BCUT2D eigenvalue weighted by Gasteiger charge is -2.16. The van der Waals surface area contributed by atoms with E-state index >= 15 is 0 Å². The van der Waals surface area contributed by atoms with Gasteiger partial charge in [-0.2, -0.15) is 5.10 Å². The third-order valence-electron chi connectivity index (χ3n) is 2.83. The van der Waals surface area contributed by atoms with Crippen molar-refractivity contribution in [1.29, 1.82) is 0 Å². The molecule has 4 nitrogen and oxygen atoms in total. The van der Waals surface area contributed by atoms with Gasteiger partial charge in [-0.3, -0.25) is 4.68 Å². The zero-order valence-corrected chi connectivity index (χ0v) is 10.6. The Morgan fingerprint density at radius 1 is 1.33 bits per heavy atom. The van der Waals surface area contributed by atoms with E-state index in [0.717, 1.165) is 17.8 Å². The number of aromatic nitrogens is 3. The first-order valence-corrected chi connectivity index (χ1v) is 6.02. The second-order valence-corrected chi connectivity index (χ2v) is 4.23. The number of aryl methyl sites for hydroxylation is 1. The van der Waals surface area contributed by atoms with Crippen molar-refractivity contribution in [1.82, 2.24) is 20.1 Å². The minimum Gasteiger partial charge on any atom is -0.303 e. The molecule has 0 aliphatic rings. The second-order valence-electron chi connectivity index (χ2n) is 4.23. The van der Waals surface area contributed by atoms with Gasteiger partial charge < -0.3 is 5.32 Å². The van der Waals surface area contributed by atoms with E-state index in [9.17, 15) is 4.39 Å². The summed E-state index contributed by atoms with van der Waals surface area (Å²) in [5.41, 5.74) is 1.08. The molecule has 0 aliphatic carbocycles. The van der Waals surface area contributed by atoms with Crippen LogP contribution in [0.15, 0.2) is 30.6 Å². The molecule has 1 N–H and O–H groups in total. The molecule has 1 aromatic heterocycles. The monoisotopic (exact) mass is 248 g/mol. The summed E-state index contributed by atoms with van der Waals surface area (Å²) in [5.74, 6) is 0.554. The number of hydrogen-bond donors (Lipinski definition) is 1. The maximum absolute atomic E-state index is 12.9. The van der Waals surface area contributed by atoms with Crippen molar-refractivity contribution in [2.45, 2.75) is 25.9 Å². The van der Waals surface area contributed by atoms with E-state index in [1.165, 1.54) is 12.1 Å². The molecule has 0 amide bonds. The fraction of sp³-hybridized carbons (Fsp3) is 0.385. The Balaban J connectivity index is 1.99. The molecule has 0 bridgehead atoms. The van der Waals surface area contributed by atoms with Gasteiger partial charge in [0.05, 0.1) is 6.54 Å². The molecule has 0 fully saturated rings. The van der Waals surface area contributed by atoms with Crippen LogP contribution < -0.4 is 5.32 Å². The fourth-order valence-corrected chi connectivity index (χ4v) is 1.87. The topological polar surface area (TPSA) is 42.7 Å². The average molecular weight is 248 g/mol. The molecule has 96 valence electrons. The third-order valence-corrected chi connectivity index (χ3v) is 2.83. The summed E-state index contributed by atoms with van der Waals surface area (Å²) in [6, 6.07) is 6.77. The van der Waals surface area contributed by atoms with Crippen molar-refractivity contribution in [3.63, 3.8) is 0 Å². The van der Waals surface area contributed by atoms with Crippen LogP contribution in [0, 0.1) is 5.82 Å². The van der Waals surface area contributed by atoms with E-state index in [1.54, 1.807) is 11.0 Å². The quantitative estimate of drug-likeness (QED) is 0.882. The number of hydrogen-bond acceptors (Lipinski definition) is 3. The highest BCUT2D eigenvalue weighted by Crippen LogP contribution is 2.17. The number of nitrogens with one attached hydrogen (secondary N) is 1. The van der Waals surface area contributed by atoms with Gasteiger partial charge in [-0.25, -0.2) is 9.37 Å². The predicted molar refractivity (Wildman–Crippen MR) is 67.3 cm³/mol. The lowest BCUT2D eigenvalue weighted by Crippen LogP contribution is -2.21. The van der Waals surface area contributed by atoms with Crippen molar-refractivity contribution in [2.75, 3.05) is 0 Å². The Morgan fingerprint density at radius 3 is 2.61 bits per heavy atom. The summed E-state index contributed by atoms with van der Waals surface area (Å²) in [7, 11) is 1.84. The number of rotatable bonds is 5. The van der Waals surface area contributed by atoms with Gasteiger partial charge in [-0.05, 0) is 24.1 Å². The first-order valence-electron chi connectivity index (χ1n) is 6.02. The van der Waals surface area contributed by atoms with Crippen LogP contribution in [0.4, 0.5) is 4.39 Å². The molecule has 0 radical (unpaired) electrons. The maximum atomic E-state index is 12.9. The smallest absolute Gasteiger partial charge is 0.164 e. The lowest BCUT2D eigenvalue weighted by atomic mass is 10.0. The summed E-state index contributed by atoms with van der Waals surface area (Å²) in [4.78, 5) is 4.16. The van der Waals surface area contributed by atoms with Gasteiger partial charge in [-0.1, -0.05) is 19.1 Å². The number of nitrogens with zero attached hydrogens (tertiary/aromatic N) is 3. The molecule has 0 aliphatic heterocycles. The van der Waals surface area contributed by atoms with Crippen LogP contribution in [0.1, 0.15) is 30.8 Å². The van der Waals surface area contributed by atoms with Crippen LogP contribution in [0.3, 0.4) is 0 Å². The summed E-state index contributed by atoms with van der Waals surface area (Å²) >= 11 is 0. The first kappa shape index (κ1) is 12.7. The molecule has 1 unspecified atom stereocenters. The van der Waals surface area contributed by atoms with E-state index in [2.05, 4.69) is 22.3 Å². The van der Waals surface area contributed by atoms with Crippen molar-refractivity contribution in [3.05, 3.63) is 47.8 Å². The van der Waals surface area contributed by atoms with Gasteiger partial charge in [0.25, 0.3) is 0 Å². The zero-order chi connectivity index (χ0) is 13.0. The van der Waals surface area contributed by atoms with Gasteiger partial charge in [0.15, 0.2) is 5.82 Å². The van der Waals surface area contributed by atoms with Crippen LogP contribution in [-0.4, -0.2) is 14.8 Å². The molecule has 0 spiro atoms. The molecule has 2 aromatic rings. The minimum absolute atomic E-state index is 0.189. The summed E-state index contributed by atoms with van der Waals surface area (Å²) in [6.45, 7) is 2.70. The summed E-state index contributed by atoms with van der Waals surface area (Å²) in [6.07, 6.45) is 2.61.